The summed E-state index contributed by atoms with van der Waals surface area (Å²) in [7, 11) is 1.71. The molecule has 2 nitrogen and oxygen atoms in total. The molecule has 1 atom stereocenters. The molecule has 114 valence electrons. The van der Waals surface area contributed by atoms with E-state index in [0.29, 0.717) is 0 Å². The van der Waals surface area contributed by atoms with Gasteiger partial charge in [-0.15, -0.1) is 0 Å². The Hall–Kier alpha value is -2.06. The molecule has 1 unspecified atom stereocenters. The van der Waals surface area contributed by atoms with Gasteiger partial charge in [-0.05, 0) is 37.1 Å². The molecule has 0 fully saturated rings. The maximum atomic E-state index is 6.30. The van der Waals surface area contributed by atoms with Gasteiger partial charge in [0.05, 0.1) is 18.8 Å². The molecular formula is C20H22O2. The van der Waals surface area contributed by atoms with Crippen molar-refractivity contribution in [3.63, 3.8) is 0 Å². The first kappa shape index (κ1) is 14.9. The highest BCUT2D eigenvalue weighted by Gasteiger charge is 2.31. The van der Waals surface area contributed by atoms with E-state index in [1.165, 1.54) is 11.1 Å². The van der Waals surface area contributed by atoms with E-state index in [2.05, 4.69) is 50.3 Å². The van der Waals surface area contributed by atoms with E-state index in [1.54, 1.807) is 7.11 Å². The summed E-state index contributed by atoms with van der Waals surface area (Å²) in [6.45, 7) is 4.22. The summed E-state index contributed by atoms with van der Waals surface area (Å²) in [5, 5.41) is 0. The average molecular weight is 294 g/mol. The third-order valence-corrected chi connectivity index (χ3v) is 4.00. The van der Waals surface area contributed by atoms with Gasteiger partial charge in [0, 0.05) is 12.0 Å². The van der Waals surface area contributed by atoms with Crippen LogP contribution < -0.4 is 4.74 Å². The monoisotopic (exact) mass is 294 g/mol. The molecule has 2 aromatic rings. The zero-order valence-corrected chi connectivity index (χ0v) is 13.4. The van der Waals surface area contributed by atoms with E-state index >= 15 is 0 Å². The predicted molar refractivity (Wildman–Crippen MR) is 89.9 cm³/mol. The maximum Gasteiger partial charge on any atom is 0.124 e. The summed E-state index contributed by atoms with van der Waals surface area (Å²) in [5.41, 5.74) is 3.40. The van der Waals surface area contributed by atoms with E-state index in [4.69, 9.17) is 9.47 Å². The lowest BCUT2D eigenvalue weighted by molar-refractivity contribution is -0.0484. The minimum Gasteiger partial charge on any atom is -0.496 e. The Labute approximate surface area is 132 Å². The predicted octanol–water partition coefficient (Wildman–Crippen LogP) is 5.02. The molecule has 0 bridgehead atoms. The molecule has 0 aromatic heterocycles. The molecule has 1 aliphatic heterocycles. The van der Waals surface area contributed by atoms with Gasteiger partial charge in [0.15, 0.2) is 0 Å². The fourth-order valence-electron chi connectivity index (χ4n) is 3.08. The number of ether oxygens (including phenoxy) is 2. The van der Waals surface area contributed by atoms with Crippen molar-refractivity contribution < 1.29 is 9.47 Å². The first-order valence-corrected chi connectivity index (χ1v) is 7.67. The molecule has 0 amide bonds. The highest BCUT2D eigenvalue weighted by molar-refractivity contribution is 5.68. The van der Waals surface area contributed by atoms with E-state index in [9.17, 15) is 0 Å². The van der Waals surface area contributed by atoms with Gasteiger partial charge in [-0.1, -0.05) is 48.5 Å². The van der Waals surface area contributed by atoms with Crippen LogP contribution in [0.5, 0.6) is 5.75 Å². The Bertz CT molecular complexity index is 671. The largest absolute Gasteiger partial charge is 0.496 e. The molecule has 0 saturated heterocycles. The van der Waals surface area contributed by atoms with Crippen molar-refractivity contribution in [2.45, 2.75) is 32.0 Å². The summed E-state index contributed by atoms with van der Waals surface area (Å²) in [6, 6.07) is 18.6. The third-order valence-electron chi connectivity index (χ3n) is 4.00. The zero-order chi connectivity index (χ0) is 15.6. The number of para-hydroxylation sites is 1. The van der Waals surface area contributed by atoms with Crippen LogP contribution in [0.15, 0.2) is 60.7 Å². The second-order valence-electron chi connectivity index (χ2n) is 6.19. The van der Waals surface area contributed by atoms with Crippen molar-refractivity contribution >= 4 is 5.57 Å². The normalized spacial score (nSPS) is 20.3. The summed E-state index contributed by atoms with van der Waals surface area (Å²) < 4.78 is 11.8. The minimum atomic E-state index is -0.297. The van der Waals surface area contributed by atoms with Crippen LogP contribution in [0.4, 0.5) is 0 Å². The second-order valence-corrected chi connectivity index (χ2v) is 6.19. The van der Waals surface area contributed by atoms with Gasteiger partial charge < -0.3 is 9.47 Å². The highest BCUT2D eigenvalue weighted by atomic mass is 16.5. The molecule has 0 saturated carbocycles. The van der Waals surface area contributed by atoms with Gasteiger partial charge in [-0.25, -0.2) is 0 Å². The molecule has 3 rings (SSSR count). The van der Waals surface area contributed by atoms with E-state index in [1.807, 2.05) is 24.3 Å². The van der Waals surface area contributed by atoms with Crippen LogP contribution in [0.1, 0.15) is 37.5 Å². The van der Waals surface area contributed by atoms with Gasteiger partial charge in [-0.2, -0.15) is 0 Å². The van der Waals surface area contributed by atoms with Gasteiger partial charge in [-0.3, -0.25) is 0 Å². The molecule has 1 heterocycles. The van der Waals surface area contributed by atoms with Crippen LogP contribution in [-0.4, -0.2) is 12.7 Å². The van der Waals surface area contributed by atoms with E-state index < -0.39 is 0 Å². The number of benzene rings is 2. The summed E-state index contributed by atoms with van der Waals surface area (Å²) in [4.78, 5) is 0. The van der Waals surface area contributed by atoms with Crippen molar-refractivity contribution in [1.29, 1.82) is 0 Å². The van der Waals surface area contributed by atoms with Crippen molar-refractivity contribution in [2.75, 3.05) is 7.11 Å². The molecule has 0 radical (unpaired) electrons. The second kappa shape index (κ2) is 5.98. The minimum absolute atomic E-state index is 0.00589. The lowest BCUT2D eigenvalue weighted by Crippen LogP contribution is -2.29. The Balaban J connectivity index is 1.98. The number of hydrogen-bond donors (Lipinski definition) is 0. The summed E-state index contributed by atoms with van der Waals surface area (Å²) >= 11 is 0. The lowest BCUT2D eigenvalue weighted by atomic mass is 9.88. The summed E-state index contributed by atoms with van der Waals surface area (Å²) in [5.74, 6) is 0.887. The number of hydrogen-bond acceptors (Lipinski definition) is 2. The molecule has 2 aromatic carbocycles. The van der Waals surface area contributed by atoms with Crippen molar-refractivity contribution in [2.24, 2.45) is 0 Å². The lowest BCUT2D eigenvalue weighted by Gasteiger charge is -2.35. The molecular weight excluding hydrogens is 272 g/mol. The van der Waals surface area contributed by atoms with Gasteiger partial charge in [0.2, 0.25) is 0 Å². The quantitative estimate of drug-likeness (QED) is 0.791. The first-order valence-electron chi connectivity index (χ1n) is 7.67. The Morgan fingerprint density at radius 1 is 1.00 bits per heavy atom. The standard InChI is InChI=1S/C20H22O2/c1-20(2)14-16(15-9-5-4-6-10-15)13-19(22-20)17-11-7-8-12-18(17)21-3/h4-12,14,19H,13H2,1-3H3. The Kier molecular flexibility index (Phi) is 4.04. The van der Waals surface area contributed by atoms with Crippen molar-refractivity contribution in [3.05, 3.63) is 71.8 Å². The highest BCUT2D eigenvalue weighted by Crippen LogP contribution is 2.42. The molecule has 22 heavy (non-hydrogen) atoms. The fraction of sp³-hybridized carbons (Fsp3) is 0.300. The molecule has 0 spiro atoms. The first-order chi connectivity index (χ1) is 10.6. The van der Waals surface area contributed by atoms with Gasteiger partial charge >= 0.3 is 0 Å². The average Bonchev–Trinajstić information content (AvgIpc) is 2.54. The Morgan fingerprint density at radius 2 is 1.68 bits per heavy atom. The van der Waals surface area contributed by atoms with Crippen LogP contribution in [0.2, 0.25) is 0 Å². The summed E-state index contributed by atoms with van der Waals surface area (Å²) in [6.07, 6.45) is 3.09. The van der Waals surface area contributed by atoms with Crippen molar-refractivity contribution in [3.8, 4) is 5.75 Å². The van der Waals surface area contributed by atoms with E-state index in [-0.39, 0.29) is 11.7 Å². The van der Waals surface area contributed by atoms with Gasteiger partial charge in [0.1, 0.15) is 5.75 Å². The van der Waals surface area contributed by atoms with Crippen LogP contribution in [0.3, 0.4) is 0 Å². The van der Waals surface area contributed by atoms with Gasteiger partial charge in [0.25, 0.3) is 0 Å². The molecule has 1 aliphatic rings. The molecule has 2 heteroatoms. The topological polar surface area (TPSA) is 18.5 Å². The van der Waals surface area contributed by atoms with Crippen LogP contribution in [0.25, 0.3) is 5.57 Å². The molecule has 0 aliphatic carbocycles. The number of rotatable bonds is 3. The maximum absolute atomic E-state index is 6.30. The molecule has 0 N–H and O–H groups in total. The van der Waals surface area contributed by atoms with Crippen LogP contribution in [-0.2, 0) is 4.74 Å². The Morgan fingerprint density at radius 3 is 2.41 bits per heavy atom. The smallest absolute Gasteiger partial charge is 0.124 e. The van der Waals surface area contributed by atoms with Crippen LogP contribution >= 0.6 is 0 Å². The fourth-order valence-corrected chi connectivity index (χ4v) is 3.08. The third kappa shape index (κ3) is 3.07. The SMILES string of the molecule is COc1ccccc1C1CC(c2ccccc2)=CC(C)(C)O1. The number of methoxy groups -OCH3 is 1. The van der Waals surface area contributed by atoms with E-state index in [0.717, 1.165) is 17.7 Å². The van der Waals surface area contributed by atoms with Crippen molar-refractivity contribution in [1.82, 2.24) is 0 Å². The zero-order valence-electron chi connectivity index (χ0n) is 13.4. The van der Waals surface area contributed by atoms with Crippen LogP contribution in [0, 0.1) is 0 Å².